The summed E-state index contributed by atoms with van der Waals surface area (Å²) in [4.78, 5) is 24.6. The number of halogens is 3. The molecule has 0 aliphatic carbocycles. The molecule has 0 aliphatic heterocycles. The molecule has 0 atom stereocenters. The van der Waals surface area contributed by atoms with Crippen molar-refractivity contribution in [3.05, 3.63) is 91.9 Å². The summed E-state index contributed by atoms with van der Waals surface area (Å²) in [6.07, 6.45) is 1.31. The van der Waals surface area contributed by atoms with E-state index in [2.05, 4.69) is 26.5 Å². The average molecular weight is 508 g/mol. The van der Waals surface area contributed by atoms with Crippen LogP contribution in [0, 0.1) is 0 Å². The predicted molar refractivity (Wildman–Crippen MR) is 119 cm³/mol. The molecule has 6 nitrogen and oxygen atoms in total. The van der Waals surface area contributed by atoms with Gasteiger partial charge >= 0.3 is 5.97 Å². The number of carbonyl (C=O) groups excluding carboxylic acids is 2. The number of carbonyl (C=O) groups is 2. The molecule has 0 aromatic heterocycles. The van der Waals surface area contributed by atoms with E-state index in [1.54, 1.807) is 42.5 Å². The molecule has 3 rings (SSSR count). The number of hydrogen-bond donors (Lipinski definition) is 2. The molecule has 3 aromatic carbocycles. The summed E-state index contributed by atoms with van der Waals surface area (Å²) in [5.74, 6) is -1.31. The minimum Gasteiger partial charge on any atom is -0.507 e. The van der Waals surface area contributed by atoms with Gasteiger partial charge in [-0.1, -0.05) is 51.3 Å². The van der Waals surface area contributed by atoms with Crippen molar-refractivity contribution in [3.63, 3.8) is 0 Å². The topological polar surface area (TPSA) is 88.0 Å². The SMILES string of the molecule is O=C(N/N=C\c1cc(Br)ccc1OC(=O)c1ccccc1Cl)c1cc(Cl)ccc1O. The summed E-state index contributed by atoms with van der Waals surface area (Å²) in [5.41, 5.74) is 2.90. The van der Waals surface area contributed by atoms with Gasteiger partial charge in [-0.15, -0.1) is 0 Å². The lowest BCUT2D eigenvalue weighted by Crippen LogP contribution is -2.18. The van der Waals surface area contributed by atoms with Crippen molar-refractivity contribution in [1.29, 1.82) is 0 Å². The maximum Gasteiger partial charge on any atom is 0.345 e. The number of nitrogens with zero attached hydrogens (tertiary/aromatic N) is 1. The van der Waals surface area contributed by atoms with Crippen LogP contribution in [-0.4, -0.2) is 23.2 Å². The maximum absolute atomic E-state index is 12.4. The number of hydrogen-bond acceptors (Lipinski definition) is 5. The molecule has 0 saturated carbocycles. The molecule has 0 aliphatic rings. The number of aromatic hydroxyl groups is 1. The van der Waals surface area contributed by atoms with Gasteiger partial charge in [0.15, 0.2) is 0 Å². The largest absolute Gasteiger partial charge is 0.507 e. The fourth-order valence-electron chi connectivity index (χ4n) is 2.41. The van der Waals surface area contributed by atoms with Crippen molar-refractivity contribution >= 4 is 57.2 Å². The second kappa shape index (κ2) is 9.75. The van der Waals surface area contributed by atoms with Crippen molar-refractivity contribution in [2.24, 2.45) is 5.10 Å². The first-order chi connectivity index (χ1) is 14.3. The second-order valence-electron chi connectivity index (χ2n) is 5.91. The minimum atomic E-state index is -0.657. The molecule has 9 heteroatoms. The van der Waals surface area contributed by atoms with E-state index in [-0.39, 0.29) is 27.6 Å². The number of esters is 1. The Morgan fingerprint density at radius 3 is 2.57 bits per heavy atom. The molecule has 3 aromatic rings. The van der Waals surface area contributed by atoms with Crippen LogP contribution in [0.3, 0.4) is 0 Å². The first-order valence-electron chi connectivity index (χ1n) is 8.43. The van der Waals surface area contributed by atoms with Gasteiger partial charge in [-0.25, -0.2) is 10.2 Å². The van der Waals surface area contributed by atoms with Crippen LogP contribution in [0.5, 0.6) is 11.5 Å². The quantitative estimate of drug-likeness (QED) is 0.208. The van der Waals surface area contributed by atoms with Gasteiger partial charge in [0.2, 0.25) is 0 Å². The molecular weight excluding hydrogens is 495 g/mol. The number of phenolic OH excluding ortho intramolecular Hbond substituents is 1. The third-order valence-corrected chi connectivity index (χ3v) is 4.90. The molecule has 1 amide bonds. The molecule has 0 unspecified atom stereocenters. The average Bonchev–Trinajstić information content (AvgIpc) is 2.71. The molecule has 0 heterocycles. The highest BCUT2D eigenvalue weighted by Gasteiger charge is 2.15. The molecule has 0 radical (unpaired) electrons. The summed E-state index contributed by atoms with van der Waals surface area (Å²) < 4.78 is 6.15. The number of ether oxygens (including phenoxy) is 1. The van der Waals surface area contributed by atoms with Gasteiger partial charge in [0.05, 0.1) is 22.4 Å². The van der Waals surface area contributed by atoms with E-state index in [9.17, 15) is 14.7 Å². The molecular formula is C21H13BrCl2N2O4. The normalized spacial score (nSPS) is 10.8. The van der Waals surface area contributed by atoms with Gasteiger partial charge in [-0.05, 0) is 48.5 Å². The van der Waals surface area contributed by atoms with Crippen molar-refractivity contribution < 1.29 is 19.4 Å². The summed E-state index contributed by atoms with van der Waals surface area (Å²) in [7, 11) is 0. The molecule has 0 saturated heterocycles. The smallest absolute Gasteiger partial charge is 0.345 e. The van der Waals surface area contributed by atoms with E-state index in [0.717, 1.165) is 0 Å². The zero-order valence-corrected chi connectivity index (χ0v) is 18.2. The summed E-state index contributed by atoms with van der Waals surface area (Å²) >= 11 is 15.2. The lowest BCUT2D eigenvalue weighted by Gasteiger charge is -2.09. The van der Waals surface area contributed by atoms with E-state index < -0.39 is 11.9 Å². The highest BCUT2D eigenvalue weighted by Crippen LogP contribution is 2.25. The summed E-state index contributed by atoms with van der Waals surface area (Å²) in [5, 5.41) is 14.2. The first kappa shape index (κ1) is 21.8. The van der Waals surface area contributed by atoms with Crippen LogP contribution in [0.1, 0.15) is 26.3 Å². The lowest BCUT2D eigenvalue weighted by atomic mass is 10.2. The highest BCUT2D eigenvalue weighted by molar-refractivity contribution is 9.10. The van der Waals surface area contributed by atoms with Crippen molar-refractivity contribution in [2.75, 3.05) is 0 Å². The van der Waals surface area contributed by atoms with E-state index in [4.69, 9.17) is 27.9 Å². The van der Waals surface area contributed by atoms with Crippen molar-refractivity contribution in [2.45, 2.75) is 0 Å². The van der Waals surface area contributed by atoms with E-state index in [1.807, 2.05) is 0 Å². The van der Waals surface area contributed by atoms with Crippen LogP contribution in [0.2, 0.25) is 10.0 Å². The molecule has 2 N–H and O–H groups in total. The third-order valence-electron chi connectivity index (χ3n) is 3.84. The molecule has 30 heavy (non-hydrogen) atoms. The number of benzene rings is 3. The van der Waals surface area contributed by atoms with E-state index in [0.29, 0.717) is 15.1 Å². The van der Waals surface area contributed by atoms with Crippen LogP contribution in [0.15, 0.2) is 70.2 Å². The van der Waals surface area contributed by atoms with E-state index in [1.165, 1.54) is 24.4 Å². The van der Waals surface area contributed by atoms with Crippen molar-refractivity contribution in [3.8, 4) is 11.5 Å². The van der Waals surface area contributed by atoms with Gasteiger partial charge in [0, 0.05) is 15.1 Å². The standard InChI is InChI=1S/C21H13BrCl2N2O4/c22-13-5-8-19(30-21(29)15-3-1-2-4-17(15)24)12(9-13)11-25-26-20(28)16-10-14(23)6-7-18(16)27/h1-11,27H,(H,26,28)/b25-11-. The second-order valence-corrected chi connectivity index (χ2v) is 7.67. The summed E-state index contributed by atoms with van der Waals surface area (Å²) in [6, 6.07) is 15.5. The Hall–Kier alpha value is -2.87. The number of amides is 1. The Morgan fingerprint density at radius 1 is 1.03 bits per heavy atom. The Labute approximate surface area is 190 Å². The Morgan fingerprint density at radius 2 is 1.80 bits per heavy atom. The van der Waals surface area contributed by atoms with Crippen LogP contribution in [0.25, 0.3) is 0 Å². The van der Waals surface area contributed by atoms with Crippen LogP contribution in [-0.2, 0) is 0 Å². The van der Waals surface area contributed by atoms with Crippen LogP contribution in [0.4, 0.5) is 0 Å². The number of phenols is 1. The minimum absolute atomic E-state index is 0.0285. The lowest BCUT2D eigenvalue weighted by molar-refractivity contribution is 0.0734. The molecule has 0 bridgehead atoms. The Bertz CT molecular complexity index is 1150. The zero-order valence-electron chi connectivity index (χ0n) is 15.1. The summed E-state index contributed by atoms with van der Waals surface area (Å²) in [6.45, 7) is 0. The molecule has 0 spiro atoms. The fourth-order valence-corrected chi connectivity index (χ4v) is 3.17. The van der Waals surface area contributed by atoms with Crippen molar-refractivity contribution in [1.82, 2.24) is 5.43 Å². The zero-order chi connectivity index (χ0) is 21.7. The maximum atomic E-state index is 12.4. The monoisotopic (exact) mass is 506 g/mol. The van der Waals surface area contributed by atoms with Gasteiger partial charge in [0.25, 0.3) is 5.91 Å². The Balaban J connectivity index is 1.78. The molecule has 0 fully saturated rings. The van der Waals surface area contributed by atoms with Gasteiger partial charge in [-0.3, -0.25) is 4.79 Å². The Kier molecular flexibility index (Phi) is 7.10. The first-order valence-corrected chi connectivity index (χ1v) is 9.98. The van der Waals surface area contributed by atoms with Crippen LogP contribution < -0.4 is 10.2 Å². The number of rotatable bonds is 5. The third kappa shape index (κ3) is 5.38. The van der Waals surface area contributed by atoms with E-state index >= 15 is 0 Å². The predicted octanol–water partition coefficient (Wildman–Crippen LogP) is 5.44. The van der Waals surface area contributed by atoms with Crippen LogP contribution >= 0.6 is 39.1 Å². The number of nitrogens with one attached hydrogen (secondary N) is 1. The van der Waals surface area contributed by atoms with Gasteiger partial charge in [-0.2, -0.15) is 5.10 Å². The highest BCUT2D eigenvalue weighted by atomic mass is 79.9. The number of hydrazone groups is 1. The fraction of sp³-hybridized carbons (Fsp3) is 0. The molecule has 152 valence electrons. The van der Waals surface area contributed by atoms with Gasteiger partial charge in [0.1, 0.15) is 11.5 Å². The van der Waals surface area contributed by atoms with Gasteiger partial charge < -0.3 is 9.84 Å².